The Hall–Kier alpha value is -1.75. The first-order valence-electron chi connectivity index (χ1n) is 4.64. The molecular formula is C10H10ClN3O2. The van der Waals surface area contributed by atoms with Crippen molar-refractivity contribution in [3.05, 3.63) is 29.0 Å². The van der Waals surface area contributed by atoms with Crippen LogP contribution in [0.2, 0.25) is 5.15 Å². The second kappa shape index (κ2) is 4.02. The summed E-state index contributed by atoms with van der Waals surface area (Å²) in [6.07, 6.45) is -0.968. The van der Waals surface area contributed by atoms with E-state index in [1.807, 2.05) is 6.07 Å². The fourth-order valence-corrected chi connectivity index (χ4v) is 1.60. The zero-order valence-corrected chi connectivity index (χ0v) is 9.32. The summed E-state index contributed by atoms with van der Waals surface area (Å²) in [5.41, 5.74) is 2.37. The quantitative estimate of drug-likeness (QED) is 0.791. The summed E-state index contributed by atoms with van der Waals surface area (Å²) in [6, 6.07) is 5.29. The number of halogens is 1. The summed E-state index contributed by atoms with van der Waals surface area (Å²) in [5, 5.41) is 9.16. The van der Waals surface area contributed by atoms with Gasteiger partial charge in [0.05, 0.1) is 17.6 Å². The third kappa shape index (κ3) is 2.09. The summed E-state index contributed by atoms with van der Waals surface area (Å²) in [5.74, 6) is 0. The molecule has 0 unspecified atom stereocenters. The molecule has 6 heteroatoms. The Morgan fingerprint density at radius 1 is 1.62 bits per heavy atom. The van der Waals surface area contributed by atoms with Crippen LogP contribution in [0.5, 0.6) is 0 Å². The molecule has 5 nitrogen and oxygen atoms in total. The third-order valence-corrected chi connectivity index (χ3v) is 2.44. The van der Waals surface area contributed by atoms with E-state index in [2.05, 4.69) is 9.97 Å². The molecule has 0 aliphatic rings. The molecule has 2 heterocycles. The van der Waals surface area contributed by atoms with Gasteiger partial charge in [0.1, 0.15) is 5.15 Å². The second-order valence-electron chi connectivity index (χ2n) is 3.50. The van der Waals surface area contributed by atoms with Crippen molar-refractivity contribution in [2.75, 3.05) is 7.05 Å². The smallest absolute Gasteiger partial charge is 0.407 e. The predicted octanol–water partition coefficient (Wildman–Crippen LogP) is 2.33. The maximum atomic E-state index is 10.6. The van der Waals surface area contributed by atoms with Crippen molar-refractivity contribution in [1.29, 1.82) is 0 Å². The van der Waals surface area contributed by atoms with Crippen LogP contribution < -0.4 is 0 Å². The van der Waals surface area contributed by atoms with Gasteiger partial charge in [0.25, 0.3) is 0 Å². The minimum absolute atomic E-state index is 0.295. The van der Waals surface area contributed by atoms with Gasteiger partial charge in [-0.1, -0.05) is 11.6 Å². The first-order chi connectivity index (χ1) is 7.56. The molecule has 0 bridgehead atoms. The van der Waals surface area contributed by atoms with E-state index in [4.69, 9.17) is 16.7 Å². The first kappa shape index (κ1) is 10.8. The second-order valence-corrected chi connectivity index (χ2v) is 3.89. The molecule has 0 radical (unpaired) electrons. The third-order valence-electron chi connectivity index (χ3n) is 2.23. The normalized spacial score (nSPS) is 10.6. The van der Waals surface area contributed by atoms with Crippen molar-refractivity contribution in [2.24, 2.45) is 0 Å². The largest absolute Gasteiger partial charge is 0.465 e. The summed E-state index contributed by atoms with van der Waals surface area (Å²) < 4.78 is 0. The summed E-state index contributed by atoms with van der Waals surface area (Å²) in [6.45, 7) is 0.295. The maximum absolute atomic E-state index is 10.6. The number of amides is 1. The van der Waals surface area contributed by atoms with E-state index in [0.29, 0.717) is 11.7 Å². The van der Waals surface area contributed by atoms with Crippen LogP contribution in [0.15, 0.2) is 18.2 Å². The molecule has 2 N–H and O–H groups in total. The van der Waals surface area contributed by atoms with Gasteiger partial charge in [0.2, 0.25) is 0 Å². The highest BCUT2D eigenvalue weighted by Gasteiger charge is 2.09. The van der Waals surface area contributed by atoms with E-state index in [-0.39, 0.29) is 0 Å². The zero-order chi connectivity index (χ0) is 11.7. The highest BCUT2D eigenvalue weighted by atomic mass is 35.5. The molecule has 0 spiro atoms. The number of hydrogen-bond acceptors (Lipinski definition) is 2. The lowest BCUT2D eigenvalue weighted by Gasteiger charge is -2.10. The van der Waals surface area contributed by atoms with Crippen LogP contribution in [0.3, 0.4) is 0 Å². The van der Waals surface area contributed by atoms with Gasteiger partial charge in [0.15, 0.2) is 0 Å². The molecule has 0 saturated carbocycles. The fourth-order valence-electron chi connectivity index (χ4n) is 1.45. The first-order valence-corrected chi connectivity index (χ1v) is 5.02. The van der Waals surface area contributed by atoms with Gasteiger partial charge in [-0.25, -0.2) is 9.78 Å². The monoisotopic (exact) mass is 239 g/mol. The topological polar surface area (TPSA) is 69.2 Å². The number of fused-ring (bicyclic) bond motifs is 1. The van der Waals surface area contributed by atoms with E-state index < -0.39 is 6.09 Å². The molecule has 1 amide bonds. The molecule has 0 fully saturated rings. The number of H-pyrrole nitrogens is 1. The van der Waals surface area contributed by atoms with Gasteiger partial charge < -0.3 is 15.0 Å². The van der Waals surface area contributed by atoms with Crippen LogP contribution in [0, 0.1) is 0 Å². The number of aromatic nitrogens is 2. The molecule has 0 atom stereocenters. The molecule has 0 aliphatic heterocycles. The molecule has 84 valence electrons. The summed E-state index contributed by atoms with van der Waals surface area (Å²) >= 11 is 5.75. The fraction of sp³-hybridized carbons (Fsp3) is 0.200. The molecule has 2 aromatic rings. The molecule has 0 aromatic carbocycles. The predicted molar refractivity (Wildman–Crippen MR) is 60.6 cm³/mol. The van der Waals surface area contributed by atoms with Crippen LogP contribution in [0.4, 0.5) is 4.79 Å². The van der Waals surface area contributed by atoms with Crippen molar-refractivity contribution in [3.63, 3.8) is 0 Å². The number of hydrogen-bond donors (Lipinski definition) is 2. The van der Waals surface area contributed by atoms with Gasteiger partial charge in [-0.05, 0) is 18.2 Å². The van der Waals surface area contributed by atoms with Gasteiger partial charge in [0, 0.05) is 12.7 Å². The standard InChI is InChI=1S/C10H10ClN3O2/c1-14(10(15)16)5-6-4-8-7(12-6)2-3-9(11)13-8/h2-4,12H,5H2,1H3,(H,15,16). The van der Waals surface area contributed by atoms with Crippen LogP contribution in [-0.2, 0) is 6.54 Å². The van der Waals surface area contributed by atoms with E-state index >= 15 is 0 Å². The Bertz CT molecular complexity index is 538. The molecule has 0 aliphatic carbocycles. The maximum Gasteiger partial charge on any atom is 0.407 e. The molecular weight excluding hydrogens is 230 g/mol. The number of pyridine rings is 1. The highest BCUT2D eigenvalue weighted by Crippen LogP contribution is 2.16. The van der Waals surface area contributed by atoms with E-state index in [9.17, 15) is 4.79 Å². The van der Waals surface area contributed by atoms with Crippen LogP contribution in [-0.4, -0.2) is 33.1 Å². The Morgan fingerprint density at radius 2 is 2.38 bits per heavy atom. The number of aromatic amines is 1. The van der Waals surface area contributed by atoms with Crippen LogP contribution >= 0.6 is 11.6 Å². The number of nitrogens with one attached hydrogen (secondary N) is 1. The molecule has 2 rings (SSSR count). The van der Waals surface area contributed by atoms with Crippen molar-refractivity contribution in [2.45, 2.75) is 6.54 Å². The number of rotatable bonds is 2. The van der Waals surface area contributed by atoms with E-state index in [1.54, 1.807) is 12.1 Å². The summed E-state index contributed by atoms with van der Waals surface area (Å²) in [4.78, 5) is 19.0. The van der Waals surface area contributed by atoms with Crippen molar-refractivity contribution >= 4 is 28.7 Å². The Balaban J connectivity index is 2.29. The Labute approximate surface area is 96.7 Å². The van der Waals surface area contributed by atoms with Gasteiger partial charge in [-0.2, -0.15) is 0 Å². The van der Waals surface area contributed by atoms with E-state index in [0.717, 1.165) is 16.7 Å². The van der Waals surface area contributed by atoms with E-state index in [1.165, 1.54) is 11.9 Å². The van der Waals surface area contributed by atoms with Crippen molar-refractivity contribution in [1.82, 2.24) is 14.9 Å². The van der Waals surface area contributed by atoms with Gasteiger partial charge >= 0.3 is 6.09 Å². The zero-order valence-electron chi connectivity index (χ0n) is 8.57. The Morgan fingerprint density at radius 3 is 3.06 bits per heavy atom. The lowest BCUT2D eigenvalue weighted by atomic mass is 10.3. The van der Waals surface area contributed by atoms with Gasteiger partial charge in [-0.15, -0.1) is 0 Å². The van der Waals surface area contributed by atoms with Crippen LogP contribution in [0.1, 0.15) is 5.69 Å². The molecule has 0 saturated heterocycles. The number of carboxylic acid groups (broad SMARTS) is 1. The average Bonchev–Trinajstić information content (AvgIpc) is 2.58. The lowest BCUT2D eigenvalue weighted by Crippen LogP contribution is -2.23. The minimum Gasteiger partial charge on any atom is -0.465 e. The average molecular weight is 240 g/mol. The number of carbonyl (C=O) groups is 1. The summed E-state index contributed by atoms with van der Waals surface area (Å²) in [7, 11) is 1.51. The Kier molecular flexibility index (Phi) is 2.70. The highest BCUT2D eigenvalue weighted by molar-refractivity contribution is 6.29. The lowest BCUT2D eigenvalue weighted by molar-refractivity contribution is 0.153. The SMILES string of the molecule is CN(Cc1cc2nc(Cl)ccc2[nH]1)C(=O)O. The molecule has 16 heavy (non-hydrogen) atoms. The minimum atomic E-state index is -0.968. The van der Waals surface area contributed by atoms with Crippen molar-refractivity contribution < 1.29 is 9.90 Å². The molecule has 2 aromatic heterocycles. The van der Waals surface area contributed by atoms with Gasteiger partial charge in [-0.3, -0.25) is 0 Å². The number of nitrogens with zero attached hydrogens (tertiary/aromatic N) is 2. The van der Waals surface area contributed by atoms with Crippen molar-refractivity contribution in [3.8, 4) is 0 Å². The van der Waals surface area contributed by atoms with Crippen LogP contribution in [0.25, 0.3) is 11.0 Å².